The van der Waals surface area contributed by atoms with Gasteiger partial charge in [-0.25, -0.2) is 9.13 Å². The molecule has 584 valence electrons. The molecule has 0 fully saturated rings. The van der Waals surface area contributed by atoms with Gasteiger partial charge in [-0.2, -0.15) is 0 Å². The smallest absolute Gasteiger partial charge is 0.462 e. The summed E-state index contributed by atoms with van der Waals surface area (Å²) in [6, 6.07) is 0. The van der Waals surface area contributed by atoms with Gasteiger partial charge >= 0.3 is 39.5 Å². The largest absolute Gasteiger partial charge is 0.472 e. The highest BCUT2D eigenvalue weighted by atomic mass is 31.2. The summed E-state index contributed by atoms with van der Waals surface area (Å²) < 4.78 is 68.6. The lowest BCUT2D eigenvalue weighted by Gasteiger charge is -2.21. The molecule has 5 atom stereocenters. The second-order valence-corrected chi connectivity index (χ2v) is 28.8. The molecule has 0 radical (unpaired) electrons. The molecule has 0 heterocycles. The van der Waals surface area contributed by atoms with Gasteiger partial charge < -0.3 is 33.8 Å². The quantitative estimate of drug-likeness (QED) is 0.0169. The molecule has 0 bridgehead atoms. The molecule has 0 spiro atoms. The molecule has 0 saturated heterocycles. The van der Waals surface area contributed by atoms with E-state index in [9.17, 15) is 43.2 Å². The number of ether oxygens (including phenoxy) is 4. The summed E-state index contributed by atoms with van der Waals surface area (Å²) in [5, 5.41) is 10.6. The first-order valence-electron chi connectivity index (χ1n) is 39.4. The number of carbonyl (C=O) groups is 4. The molecule has 0 aliphatic heterocycles. The molecular formula is C83H140O17P2. The minimum Gasteiger partial charge on any atom is -0.462 e. The predicted octanol–water partition coefficient (Wildman–Crippen LogP) is 22.9. The van der Waals surface area contributed by atoms with E-state index in [0.717, 1.165) is 205 Å². The number of hydrogen-bond acceptors (Lipinski definition) is 15. The Balaban J connectivity index is 5.40. The van der Waals surface area contributed by atoms with Crippen LogP contribution in [-0.2, 0) is 65.4 Å². The summed E-state index contributed by atoms with van der Waals surface area (Å²) in [5.74, 6) is -2.24. The van der Waals surface area contributed by atoms with Crippen molar-refractivity contribution in [2.75, 3.05) is 39.6 Å². The second kappa shape index (κ2) is 74.5. The van der Waals surface area contributed by atoms with Gasteiger partial charge in [0.15, 0.2) is 12.2 Å². The van der Waals surface area contributed by atoms with Crippen molar-refractivity contribution in [2.45, 2.75) is 329 Å². The van der Waals surface area contributed by atoms with E-state index in [2.05, 4.69) is 161 Å². The fourth-order valence-electron chi connectivity index (χ4n) is 10.2. The number of carbonyl (C=O) groups excluding carboxylic acids is 4. The van der Waals surface area contributed by atoms with Crippen molar-refractivity contribution < 1.29 is 80.2 Å². The van der Waals surface area contributed by atoms with Crippen LogP contribution >= 0.6 is 15.6 Å². The molecule has 19 heteroatoms. The van der Waals surface area contributed by atoms with E-state index < -0.39 is 97.5 Å². The molecule has 102 heavy (non-hydrogen) atoms. The molecule has 0 aliphatic rings. The maximum Gasteiger partial charge on any atom is 0.472 e. The monoisotopic (exact) mass is 1470 g/mol. The van der Waals surface area contributed by atoms with Crippen LogP contribution < -0.4 is 0 Å². The lowest BCUT2D eigenvalue weighted by molar-refractivity contribution is -0.161. The standard InChI is InChI=1S/C83H140O17P2/c1-5-9-13-17-21-25-29-33-36-38-41-45-48-52-56-60-64-68-81(86)94-74-79(100-83(88)70-66-62-58-54-50-46-42-39-37-34-30-26-22-18-14-10-6-2)76-98-102(91,92)96-72-77(84)71-95-101(89,90)97-75-78(99-82(87)69-65-61-57-53-49-43-32-28-24-20-16-12-8-4)73-93-80(85)67-63-59-55-51-47-44-40-35-31-27-23-19-15-11-7-3/h9-11,13-15,21-23,25-28,32-37,40-41,45,77-79,84H,5-8,12,16-20,24,29-31,38-39,42-44,46-76H2,1-4H3,(H,89,90)(H,91,92)/b13-9-,14-10-,15-11-,25-21-,26-22-,27-23-,32-28-,36-33-,37-34-,40-35-,45-41-. The van der Waals surface area contributed by atoms with Crippen LogP contribution in [0.3, 0.4) is 0 Å². The third-order valence-electron chi connectivity index (χ3n) is 16.1. The number of unbranched alkanes of at least 4 members (excludes halogenated alkanes) is 25. The van der Waals surface area contributed by atoms with E-state index in [1.807, 2.05) is 0 Å². The third kappa shape index (κ3) is 73.5. The number of phosphoric acid groups is 2. The van der Waals surface area contributed by atoms with Gasteiger partial charge in [-0.1, -0.05) is 264 Å². The molecule has 0 aromatic rings. The van der Waals surface area contributed by atoms with E-state index in [-0.39, 0.29) is 25.7 Å². The van der Waals surface area contributed by atoms with E-state index in [1.165, 1.54) is 25.7 Å². The van der Waals surface area contributed by atoms with Gasteiger partial charge in [0.2, 0.25) is 0 Å². The van der Waals surface area contributed by atoms with Crippen molar-refractivity contribution in [3.8, 4) is 0 Å². The van der Waals surface area contributed by atoms with Gasteiger partial charge in [0, 0.05) is 25.7 Å². The first-order chi connectivity index (χ1) is 49.7. The highest BCUT2D eigenvalue weighted by molar-refractivity contribution is 7.47. The van der Waals surface area contributed by atoms with Crippen LogP contribution in [0.1, 0.15) is 310 Å². The van der Waals surface area contributed by atoms with E-state index >= 15 is 0 Å². The molecule has 3 N–H and O–H groups in total. The van der Waals surface area contributed by atoms with Gasteiger partial charge in [0.05, 0.1) is 26.4 Å². The zero-order chi connectivity index (χ0) is 74.6. The van der Waals surface area contributed by atoms with Crippen molar-refractivity contribution in [1.29, 1.82) is 0 Å². The fraction of sp³-hybridized carbons (Fsp3) is 0.687. The second-order valence-electron chi connectivity index (χ2n) is 25.9. The van der Waals surface area contributed by atoms with Gasteiger partial charge in [-0.05, 0) is 154 Å². The average molecular weight is 1470 g/mol. The number of aliphatic hydroxyl groups is 1. The zero-order valence-electron chi connectivity index (χ0n) is 63.7. The third-order valence-corrected chi connectivity index (χ3v) is 18.0. The fourth-order valence-corrected chi connectivity index (χ4v) is 11.8. The van der Waals surface area contributed by atoms with Gasteiger partial charge in [-0.15, -0.1) is 0 Å². The highest BCUT2D eigenvalue weighted by Gasteiger charge is 2.30. The summed E-state index contributed by atoms with van der Waals surface area (Å²) in [7, 11) is -9.98. The van der Waals surface area contributed by atoms with Crippen LogP contribution in [0.15, 0.2) is 134 Å². The van der Waals surface area contributed by atoms with Gasteiger partial charge in [-0.3, -0.25) is 37.3 Å². The van der Waals surface area contributed by atoms with Crippen molar-refractivity contribution in [1.82, 2.24) is 0 Å². The van der Waals surface area contributed by atoms with E-state index in [1.54, 1.807) is 0 Å². The minimum atomic E-state index is -4.99. The van der Waals surface area contributed by atoms with Gasteiger partial charge in [0.25, 0.3) is 0 Å². The van der Waals surface area contributed by atoms with Crippen molar-refractivity contribution in [2.24, 2.45) is 0 Å². The molecule has 5 unspecified atom stereocenters. The number of esters is 4. The number of hydrogen-bond donors (Lipinski definition) is 3. The Bertz CT molecular complexity index is 2460. The Morgan fingerprint density at radius 3 is 0.794 bits per heavy atom. The van der Waals surface area contributed by atoms with Crippen molar-refractivity contribution in [3.05, 3.63) is 134 Å². The van der Waals surface area contributed by atoms with Crippen molar-refractivity contribution >= 4 is 39.5 Å². The van der Waals surface area contributed by atoms with Crippen LogP contribution in [-0.4, -0.2) is 96.7 Å². The number of phosphoric ester groups is 2. The topological polar surface area (TPSA) is 237 Å². The zero-order valence-corrected chi connectivity index (χ0v) is 65.5. The maximum absolute atomic E-state index is 13.1. The van der Waals surface area contributed by atoms with E-state index in [0.29, 0.717) is 25.7 Å². The summed E-state index contributed by atoms with van der Waals surface area (Å²) in [5.41, 5.74) is 0. The number of rotatable bonds is 73. The average Bonchev–Trinajstić information content (AvgIpc) is 0.959. The molecule has 0 aromatic carbocycles. The Hall–Kier alpha value is -4.80. The van der Waals surface area contributed by atoms with Crippen LogP contribution in [0.2, 0.25) is 0 Å². The predicted molar refractivity (Wildman–Crippen MR) is 418 cm³/mol. The summed E-state index contributed by atoms with van der Waals surface area (Å²) in [6.45, 7) is 4.47. The normalized spacial score (nSPS) is 14.6. The lowest BCUT2D eigenvalue weighted by atomic mass is 10.1. The number of allylic oxidation sites excluding steroid dienone is 22. The minimum absolute atomic E-state index is 0.0745. The molecule has 0 saturated carbocycles. The SMILES string of the molecule is CC/C=C\C/C=C\C/C=C\C/C=C\CCCCCCC(=O)OCC(COP(=O)(O)OCC(O)COP(=O)(O)OCC(COC(=O)CCCCCCC/C=C\C/C=C\C/C=C\CC)OC(=O)CCCCCCC/C=C\CCCCCC)OC(=O)CCCCCCCCC/C=C\C/C=C\C/C=C\CC. The first-order valence-corrected chi connectivity index (χ1v) is 42.4. The van der Waals surface area contributed by atoms with E-state index in [4.69, 9.17) is 37.0 Å². The van der Waals surface area contributed by atoms with Crippen LogP contribution in [0, 0.1) is 0 Å². The Kier molecular flexibility index (Phi) is 71.0. The van der Waals surface area contributed by atoms with Crippen LogP contribution in [0.25, 0.3) is 0 Å². The Labute approximate surface area is 618 Å². The molecule has 17 nitrogen and oxygen atoms in total. The molecule has 0 aromatic heterocycles. The summed E-state index contributed by atoms with van der Waals surface area (Å²) >= 11 is 0. The molecule has 0 amide bonds. The van der Waals surface area contributed by atoms with Crippen LogP contribution in [0.5, 0.6) is 0 Å². The van der Waals surface area contributed by atoms with Gasteiger partial charge in [0.1, 0.15) is 19.3 Å². The molecule has 0 rings (SSSR count). The summed E-state index contributed by atoms with van der Waals surface area (Å²) in [4.78, 5) is 73.0. The van der Waals surface area contributed by atoms with Crippen LogP contribution in [0.4, 0.5) is 0 Å². The Morgan fingerprint density at radius 2 is 0.510 bits per heavy atom. The highest BCUT2D eigenvalue weighted by Crippen LogP contribution is 2.45. The first kappa shape index (κ1) is 97.2. The number of aliphatic hydroxyl groups excluding tert-OH is 1. The Morgan fingerprint density at radius 1 is 0.284 bits per heavy atom. The maximum atomic E-state index is 13.1. The lowest BCUT2D eigenvalue weighted by Crippen LogP contribution is -2.30. The van der Waals surface area contributed by atoms with Crippen molar-refractivity contribution in [3.63, 3.8) is 0 Å². The molecular weight excluding hydrogens is 1330 g/mol. The molecule has 0 aliphatic carbocycles. The summed E-state index contributed by atoms with van der Waals surface area (Å²) in [6.07, 6.45) is 82.8.